The van der Waals surface area contributed by atoms with E-state index in [4.69, 9.17) is 0 Å². The fourth-order valence-corrected chi connectivity index (χ4v) is 13.0. The van der Waals surface area contributed by atoms with E-state index in [-0.39, 0.29) is 5.41 Å². The van der Waals surface area contributed by atoms with E-state index in [1.54, 1.807) is 5.56 Å². The first kappa shape index (κ1) is 39.7. The first-order valence-electron chi connectivity index (χ1n) is 24.8. The summed E-state index contributed by atoms with van der Waals surface area (Å²) < 4.78 is 0. The van der Waals surface area contributed by atoms with Crippen LogP contribution in [-0.4, -0.2) is 0 Å². The molecule has 3 unspecified atom stereocenters. The molecule has 0 saturated heterocycles. The van der Waals surface area contributed by atoms with Gasteiger partial charge in [0.2, 0.25) is 0 Å². The van der Waals surface area contributed by atoms with Crippen molar-refractivity contribution >= 4 is 34.1 Å². The average molecular weight is 835 g/mol. The van der Waals surface area contributed by atoms with Crippen molar-refractivity contribution in [1.29, 1.82) is 0 Å². The minimum Gasteiger partial charge on any atom is -0.310 e. The molecule has 7 aromatic carbocycles. The van der Waals surface area contributed by atoms with Gasteiger partial charge in [-0.05, 0) is 198 Å². The van der Waals surface area contributed by atoms with Crippen molar-refractivity contribution in [3.8, 4) is 11.1 Å². The van der Waals surface area contributed by atoms with E-state index < -0.39 is 0 Å². The summed E-state index contributed by atoms with van der Waals surface area (Å²) in [6, 6.07) is 61.6. The van der Waals surface area contributed by atoms with E-state index >= 15 is 0 Å². The van der Waals surface area contributed by atoms with Gasteiger partial charge in [-0.2, -0.15) is 0 Å². The normalized spacial score (nSPS) is 20.7. The molecule has 0 spiro atoms. The second-order valence-electron chi connectivity index (χ2n) is 20.6. The van der Waals surface area contributed by atoms with Crippen LogP contribution >= 0.6 is 0 Å². The van der Waals surface area contributed by atoms with Gasteiger partial charge in [0.25, 0.3) is 0 Å². The Morgan fingerprint density at radius 1 is 0.438 bits per heavy atom. The summed E-state index contributed by atoms with van der Waals surface area (Å²) in [7, 11) is 0. The van der Waals surface area contributed by atoms with Crippen LogP contribution in [0.2, 0.25) is 0 Å². The van der Waals surface area contributed by atoms with E-state index in [1.807, 2.05) is 0 Å². The van der Waals surface area contributed by atoms with Crippen molar-refractivity contribution < 1.29 is 0 Å². The molecule has 2 nitrogen and oxygen atoms in total. The van der Waals surface area contributed by atoms with Gasteiger partial charge in [0.15, 0.2) is 0 Å². The van der Waals surface area contributed by atoms with Crippen molar-refractivity contribution in [1.82, 2.24) is 0 Å². The van der Waals surface area contributed by atoms with E-state index in [0.717, 1.165) is 43.4 Å². The van der Waals surface area contributed by atoms with Gasteiger partial charge in [0, 0.05) is 39.5 Å². The SMILES string of the molecule is CC1(C)c2ccccc2-c2ccc(N(c3ccc(C4CC5CCC4C5)cc3)c3cc4ccc3CCc3ccc(c(N(c5ccccc5)c5ccc(C6CCCCC6)cc5)c3)CC4)cc21. The summed E-state index contributed by atoms with van der Waals surface area (Å²) in [6.45, 7) is 4.82. The summed E-state index contributed by atoms with van der Waals surface area (Å²) >= 11 is 0. The molecule has 7 aromatic rings. The van der Waals surface area contributed by atoms with Crippen LogP contribution in [0.3, 0.4) is 0 Å². The third-order valence-corrected chi connectivity index (χ3v) is 16.5. The number of hydrogen-bond donors (Lipinski definition) is 0. The molecule has 0 N–H and O–H groups in total. The second kappa shape index (κ2) is 16.3. The fourth-order valence-electron chi connectivity index (χ4n) is 13.0. The second-order valence-corrected chi connectivity index (χ2v) is 20.6. The Morgan fingerprint density at radius 3 is 1.66 bits per heavy atom. The third-order valence-electron chi connectivity index (χ3n) is 16.5. The van der Waals surface area contributed by atoms with Crippen molar-refractivity contribution in [2.45, 2.75) is 115 Å². The maximum absolute atomic E-state index is 2.61. The Balaban J connectivity index is 0.924. The van der Waals surface area contributed by atoms with Crippen molar-refractivity contribution in [2.75, 3.05) is 9.80 Å². The summed E-state index contributed by atoms with van der Waals surface area (Å²) in [6.07, 6.45) is 16.2. The summed E-state index contributed by atoms with van der Waals surface area (Å²) in [5.41, 5.74) is 21.7. The predicted octanol–water partition coefficient (Wildman–Crippen LogP) is 16.8. The number of fused-ring (bicyclic) bond motifs is 5. The van der Waals surface area contributed by atoms with Crippen molar-refractivity contribution in [2.24, 2.45) is 11.8 Å². The molecule has 0 heterocycles. The zero-order valence-corrected chi connectivity index (χ0v) is 37.9. The Morgan fingerprint density at radius 2 is 1.02 bits per heavy atom. The number of anilines is 6. The molecule has 2 heteroatoms. The molecule has 320 valence electrons. The Bertz CT molecular complexity index is 2810. The fraction of sp³-hybridized carbons (Fsp3) is 0.323. The van der Waals surface area contributed by atoms with E-state index in [2.05, 4.69) is 181 Å². The highest BCUT2D eigenvalue weighted by Gasteiger charge is 2.40. The van der Waals surface area contributed by atoms with Gasteiger partial charge in [-0.25, -0.2) is 0 Å². The van der Waals surface area contributed by atoms with E-state index in [9.17, 15) is 0 Å². The third kappa shape index (κ3) is 7.09. The quantitative estimate of drug-likeness (QED) is 0.150. The van der Waals surface area contributed by atoms with Crippen LogP contribution in [0.15, 0.2) is 158 Å². The van der Waals surface area contributed by atoms with Gasteiger partial charge in [-0.3, -0.25) is 0 Å². The van der Waals surface area contributed by atoms with Gasteiger partial charge in [-0.15, -0.1) is 0 Å². The molecular formula is C62H62N2. The molecule has 3 saturated carbocycles. The lowest BCUT2D eigenvalue weighted by molar-refractivity contribution is 0.420. The van der Waals surface area contributed by atoms with Crippen LogP contribution in [-0.2, 0) is 31.1 Å². The van der Waals surface area contributed by atoms with Gasteiger partial charge in [0.1, 0.15) is 0 Å². The predicted molar refractivity (Wildman–Crippen MR) is 269 cm³/mol. The van der Waals surface area contributed by atoms with Gasteiger partial charge in [0.05, 0.1) is 0 Å². The van der Waals surface area contributed by atoms with Crippen molar-refractivity contribution in [3.63, 3.8) is 0 Å². The molecule has 3 atom stereocenters. The minimum atomic E-state index is -0.0739. The number of para-hydroxylation sites is 1. The lowest BCUT2D eigenvalue weighted by Gasteiger charge is -2.31. The highest BCUT2D eigenvalue weighted by molar-refractivity contribution is 5.86. The molecule has 8 aliphatic rings. The lowest BCUT2D eigenvalue weighted by Crippen LogP contribution is -2.18. The number of hydrogen-bond acceptors (Lipinski definition) is 2. The first-order valence-corrected chi connectivity index (χ1v) is 24.8. The molecule has 3 fully saturated rings. The Kier molecular flexibility index (Phi) is 10.1. The minimum absolute atomic E-state index is 0.0739. The Hall–Kier alpha value is -5.86. The van der Waals surface area contributed by atoms with Crippen molar-refractivity contribution in [3.05, 3.63) is 202 Å². The van der Waals surface area contributed by atoms with Gasteiger partial charge < -0.3 is 9.80 Å². The van der Waals surface area contributed by atoms with Gasteiger partial charge >= 0.3 is 0 Å². The van der Waals surface area contributed by atoms with Crippen LogP contribution in [0, 0.1) is 11.8 Å². The molecule has 64 heavy (non-hydrogen) atoms. The molecule has 8 aliphatic carbocycles. The monoisotopic (exact) mass is 834 g/mol. The zero-order valence-electron chi connectivity index (χ0n) is 37.9. The molecular weight excluding hydrogens is 773 g/mol. The molecule has 0 amide bonds. The molecule has 0 aliphatic heterocycles. The summed E-state index contributed by atoms with van der Waals surface area (Å²) in [5.74, 6) is 3.23. The highest BCUT2D eigenvalue weighted by Crippen LogP contribution is 2.54. The smallest absolute Gasteiger partial charge is 0.0496 e. The van der Waals surface area contributed by atoms with Crippen LogP contribution in [0.25, 0.3) is 11.1 Å². The Labute approximate surface area is 382 Å². The standard InChI is InChI=1S/C62H62N2/c1-62(2)58-16-10-9-15-55(58)56-36-35-54(41-59(56)62)64(53-33-29-47(30-34-53)57-38-44-21-26-50(57)37-44)61-40-43-18-23-48-22-17-42(19-24-49(61)25-20-43)39-60(48)63(51-13-7-4-8-14-51)52-31-27-46(28-32-52)45-11-5-3-6-12-45/h4,7-10,13-17,20,22,25,27-36,39-41,44-45,50,57H,3,5-6,11-12,18-19,21,23-24,26,37-38H2,1-2H3. The molecule has 6 bridgehead atoms. The number of aryl methyl sites for hydroxylation is 4. The lowest BCUT2D eigenvalue weighted by atomic mass is 9.82. The highest BCUT2D eigenvalue weighted by atomic mass is 15.2. The van der Waals surface area contributed by atoms with Crippen LogP contribution in [0.4, 0.5) is 34.1 Å². The summed E-state index contributed by atoms with van der Waals surface area (Å²) in [4.78, 5) is 5.13. The average Bonchev–Trinajstić information content (AvgIpc) is 4.04. The van der Waals surface area contributed by atoms with Gasteiger partial charge in [-0.1, -0.05) is 137 Å². The molecule has 0 radical (unpaired) electrons. The number of nitrogens with zero attached hydrogens (tertiary/aromatic N) is 2. The molecule has 15 rings (SSSR count). The number of benzene rings is 7. The number of rotatable bonds is 8. The zero-order chi connectivity index (χ0) is 42.8. The first-order chi connectivity index (χ1) is 31.4. The maximum Gasteiger partial charge on any atom is 0.0496 e. The van der Waals surface area contributed by atoms with Crippen LogP contribution < -0.4 is 9.80 Å². The van der Waals surface area contributed by atoms with Crippen LogP contribution in [0.1, 0.15) is 128 Å². The van der Waals surface area contributed by atoms with E-state index in [0.29, 0.717) is 5.92 Å². The molecule has 0 aromatic heterocycles. The topological polar surface area (TPSA) is 6.48 Å². The summed E-state index contributed by atoms with van der Waals surface area (Å²) in [5, 5.41) is 0. The maximum atomic E-state index is 2.61. The van der Waals surface area contributed by atoms with E-state index in [1.165, 1.54) is 142 Å². The largest absolute Gasteiger partial charge is 0.310 e. The van der Waals surface area contributed by atoms with Crippen LogP contribution in [0.5, 0.6) is 0 Å².